The summed E-state index contributed by atoms with van der Waals surface area (Å²) >= 11 is 5.09. The predicted octanol–water partition coefficient (Wildman–Crippen LogP) is 4.71. The van der Waals surface area contributed by atoms with Crippen molar-refractivity contribution in [2.24, 2.45) is 0 Å². The highest BCUT2D eigenvalue weighted by molar-refractivity contribution is 9.10. The molecule has 1 aromatic carbocycles. The van der Waals surface area contributed by atoms with Crippen LogP contribution in [-0.2, 0) is 19.4 Å². The topological polar surface area (TPSA) is 29.1 Å². The van der Waals surface area contributed by atoms with Crippen molar-refractivity contribution in [3.8, 4) is 0 Å². The zero-order valence-corrected chi connectivity index (χ0v) is 14.2. The molecule has 2 aromatic rings. The van der Waals surface area contributed by atoms with Crippen LogP contribution in [0.2, 0.25) is 0 Å². The van der Waals surface area contributed by atoms with E-state index >= 15 is 0 Å². The first kappa shape index (κ1) is 14.8. The van der Waals surface area contributed by atoms with E-state index in [9.17, 15) is 4.79 Å². The summed E-state index contributed by atoms with van der Waals surface area (Å²) in [6.45, 7) is 0.578. The van der Waals surface area contributed by atoms with E-state index in [1.54, 1.807) is 11.3 Å². The molecule has 1 heterocycles. The minimum Gasteiger partial charge on any atom is -0.347 e. The molecule has 0 saturated carbocycles. The number of aryl methyl sites for hydroxylation is 2. The first-order valence-electron chi connectivity index (χ1n) is 7.36. The average molecular weight is 364 g/mol. The molecule has 21 heavy (non-hydrogen) atoms. The Morgan fingerprint density at radius 1 is 1.14 bits per heavy atom. The van der Waals surface area contributed by atoms with Gasteiger partial charge in [0.1, 0.15) is 0 Å². The number of hydrogen-bond donors (Lipinski definition) is 1. The molecular formula is C17H18BrNOS. The van der Waals surface area contributed by atoms with Gasteiger partial charge in [0.25, 0.3) is 5.91 Å². The number of hydrogen-bond acceptors (Lipinski definition) is 2. The summed E-state index contributed by atoms with van der Waals surface area (Å²) in [6, 6.07) is 10.1. The highest BCUT2D eigenvalue weighted by Crippen LogP contribution is 2.28. The minimum absolute atomic E-state index is 0.0518. The van der Waals surface area contributed by atoms with Crippen molar-refractivity contribution in [1.82, 2.24) is 5.32 Å². The number of amides is 1. The van der Waals surface area contributed by atoms with Gasteiger partial charge in [0, 0.05) is 15.9 Å². The van der Waals surface area contributed by atoms with Crippen molar-refractivity contribution in [1.29, 1.82) is 0 Å². The first-order chi connectivity index (χ1) is 10.2. The van der Waals surface area contributed by atoms with Gasteiger partial charge in [-0.1, -0.05) is 34.5 Å². The van der Waals surface area contributed by atoms with Crippen molar-refractivity contribution in [3.63, 3.8) is 0 Å². The molecule has 0 bridgehead atoms. The van der Waals surface area contributed by atoms with Gasteiger partial charge in [-0.05, 0) is 55.0 Å². The van der Waals surface area contributed by atoms with Crippen LogP contribution in [0.15, 0.2) is 34.8 Å². The lowest BCUT2D eigenvalue weighted by molar-refractivity contribution is 0.0955. The molecule has 0 saturated heterocycles. The number of benzene rings is 1. The van der Waals surface area contributed by atoms with Crippen molar-refractivity contribution in [2.45, 2.75) is 38.6 Å². The third-order valence-corrected chi connectivity index (χ3v) is 5.60. The quantitative estimate of drug-likeness (QED) is 0.786. The Labute approximate surface area is 137 Å². The summed E-state index contributed by atoms with van der Waals surface area (Å²) < 4.78 is 1.06. The minimum atomic E-state index is 0.0518. The van der Waals surface area contributed by atoms with Crippen LogP contribution < -0.4 is 5.32 Å². The molecule has 1 aliphatic carbocycles. The first-order valence-corrected chi connectivity index (χ1v) is 8.97. The van der Waals surface area contributed by atoms with E-state index in [2.05, 4.69) is 27.3 Å². The molecule has 110 valence electrons. The van der Waals surface area contributed by atoms with Gasteiger partial charge in [0.05, 0.1) is 4.88 Å². The lowest BCUT2D eigenvalue weighted by Crippen LogP contribution is -2.21. The second-order valence-electron chi connectivity index (χ2n) is 5.43. The summed E-state index contributed by atoms with van der Waals surface area (Å²) in [5.74, 6) is 0.0518. The van der Waals surface area contributed by atoms with Crippen LogP contribution in [0.25, 0.3) is 0 Å². The zero-order chi connectivity index (χ0) is 14.7. The van der Waals surface area contributed by atoms with Crippen LogP contribution in [0.4, 0.5) is 0 Å². The third-order valence-electron chi connectivity index (χ3n) is 3.84. The van der Waals surface area contributed by atoms with Crippen molar-refractivity contribution in [2.75, 3.05) is 0 Å². The van der Waals surface area contributed by atoms with Gasteiger partial charge in [0.2, 0.25) is 0 Å². The molecule has 0 atom stereocenters. The molecule has 0 radical (unpaired) electrons. The second-order valence-corrected chi connectivity index (χ2v) is 7.48. The van der Waals surface area contributed by atoms with Gasteiger partial charge in [-0.25, -0.2) is 0 Å². The smallest absolute Gasteiger partial charge is 0.261 e. The monoisotopic (exact) mass is 363 g/mol. The molecule has 0 fully saturated rings. The summed E-state index contributed by atoms with van der Waals surface area (Å²) in [5, 5.41) is 3.02. The van der Waals surface area contributed by atoms with E-state index in [1.807, 2.05) is 24.3 Å². The molecule has 1 aromatic heterocycles. The Balaban J connectivity index is 1.64. The predicted molar refractivity (Wildman–Crippen MR) is 90.9 cm³/mol. The fourth-order valence-electron chi connectivity index (χ4n) is 2.65. The Kier molecular flexibility index (Phi) is 4.76. The molecule has 1 amide bonds. The maximum absolute atomic E-state index is 12.3. The lowest BCUT2D eigenvalue weighted by Gasteiger charge is -2.04. The number of carbonyl (C=O) groups is 1. The fourth-order valence-corrected chi connectivity index (χ4v) is 4.09. The number of carbonyl (C=O) groups excluding carboxylic acids is 1. The van der Waals surface area contributed by atoms with Gasteiger partial charge in [0.15, 0.2) is 0 Å². The largest absolute Gasteiger partial charge is 0.347 e. The molecule has 1 N–H and O–H groups in total. The summed E-state index contributed by atoms with van der Waals surface area (Å²) in [5.41, 5.74) is 2.51. The highest BCUT2D eigenvalue weighted by atomic mass is 79.9. The SMILES string of the molecule is O=C(NCc1ccc(Br)cc1)c1cc2c(s1)CCCCC2. The van der Waals surface area contributed by atoms with Crippen LogP contribution in [0.3, 0.4) is 0 Å². The fraction of sp³-hybridized carbons (Fsp3) is 0.353. The Bertz CT molecular complexity index is 609. The van der Waals surface area contributed by atoms with Gasteiger partial charge in [-0.15, -0.1) is 11.3 Å². The van der Waals surface area contributed by atoms with E-state index in [0.29, 0.717) is 6.54 Å². The molecule has 3 rings (SSSR count). The van der Waals surface area contributed by atoms with Crippen LogP contribution in [0.5, 0.6) is 0 Å². The Morgan fingerprint density at radius 3 is 2.71 bits per heavy atom. The standard InChI is InChI=1S/C17H18BrNOS/c18-14-8-6-12(7-9-14)11-19-17(20)16-10-13-4-2-1-3-5-15(13)21-16/h6-10H,1-5,11H2,(H,19,20). The summed E-state index contributed by atoms with van der Waals surface area (Å²) in [4.78, 5) is 14.6. The molecule has 0 unspecified atom stereocenters. The average Bonchev–Trinajstić information content (AvgIpc) is 2.78. The number of nitrogens with one attached hydrogen (secondary N) is 1. The molecule has 1 aliphatic rings. The lowest BCUT2D eigenvalue weighted by atomic mass is 10.1. The number of halogens is 1. The molecule has 0 spiro atoms. The van der Waals surface area contributed by atoms with E-state index in [4.69, 9.17) is 0 Å². The van der Waals surface area contributed by atoms with Crippen molar-refractivity contribution >= 4 is 33.2 Å². The van der Waals surface area contributed by atoms with Gasteiger partial charge in [-0.3, -0.25) is 4.79 Å². The highest BCUT2D eigenvalue weighted by Gasteiger charge is 2.16. The number of thiophene rings is 1. The normalized spacial score (nSPS) is 14.3. The maximum Gasteiger partial charge on any atom is 0.261 e. The van der Waals surface area contributed by atoms with E-state index < -0.39 is 0 Å². The summed E-state index contributed by atoms with van der Waals surface area (Å²) in [7, 11) is 0. The Morgan fingerprint density at radius 2 is 1.90 bits per heavy atom. The molecule has 4 heteroatoms. The third kappa shape index (κ3) is 3.74. The van der Waals surface area contributed by atoms with Gasteiger partial charge < -0.3 is 5.32 Å². The number of fused-ring (bicyclic) bond motifs is 1. The number of rotatable bonds is 3. The van der Waals surface area contributed by atoms with Crippen molar-refractivity contribution in [3.05, 3.63) is 55.7 Å². The van der Waals surface area contributed by atoms with Gasteiger partial charge >= 0.3 is 0 Å². The van der Waals surface area contributed by atoms with Gasteiger partial charge in [-0.2, -0.15) is 0 Å². The van der Waals surface area contributed by atoms with E-state index in [1.165, 1.54) is 29.7 Å². The van der Waals surface area contributed by atoms with Crippen LogP contribution in [-0.4, -0.2) is 5.91 Å². The molecular weight excluding hydrogens is 346 g/mol. The van der Waals surface area contributed by atoms with Crippen LogP contribution >= 0.6 is 27.3 Å². The van der Waals surface area contributed by atoms with E-state index in [-0.39, 0.29) is 5.91 Å². The van der Waals surface area contributed by atoms with Crippen molar-refractivity contribution < 1.29 is 4.79 Å². The van der Waals surface area contributed by atoms with E-state index in [0.717, 1.165) is 27.8 Å². The van der Waals surface area contributed by atoms with Crippen LogP contribution in [0.1, 0.15) is 44.9 Å². The molecule has 2 nitrogen and oxygen atoms in total. The zero-order valence-electron chi connectivity index (χ0n) is 11.8. The second kappa shape index (κ2) is 6.75. The maximum atomic E-state index is 12.3. The summed E-state index contributed by atoms with van der Waals surface area (Å²) in [6.07, 6.45) is 6.09. The van der Waals surface area contributed by atoms with Crippen LogP contribution in [0, 0.1) is 0 Å². The molecule has 0 aliphatic heterocycles. The Hall–Kier alpha value is -1.13.